The van der Waals surface area contributed by atoms with E-state index in [-0.39, 0.29) is 0 Å². The molecule has 1 aliphatic rings. The SMILES string of the molecule is CCCNc1cccc(NCC2CCCOC2)n1. The quantitative estimate of drug-likeness (QED) is 0.814. The van der Waals surface area contributed by atoms with Gasteiger partial charge in [-0.3, -0.25) is 0 Å². The van der Waals surface area contributed by atoms with Crippen molar-refractivity contribution in [2.75, 3.05) is 36.9 Å². The van der Waals surface area contributed by atoms with Crippen molar-refractivity contribution < 1.29 is 4.74 Å². The van der Waals surface area contributed by atoms with Gasteiger partial charge in [-0.05, 0) is 37.3 Å². The lowest BCUT2D eigenvalue weighted by atomic mass is 10.0. The largest absolute Gasteiger partial charge is 0.381 e. The number of pyridine rings is 1. The molecule has 2 N–H and O–H groups in total. The van der Waals surface area contributed by atoms with Gasteiger partial charge in [-0.15, -0.1) is 0 Å². The Morgan fingerprint density at radius 2 is 2.17 bits per heavy atom. The molecule has 1 unspecified atom stereocenters. The second-order valence-electron chi connectivity index (χ2n) is 4.80. The third-order valence-corrected chi connectivity index (χ3v) is 3.13. The average molecular weight is 249 g/mol. The minimum Gasteiger partial charge on any atom is -0.381 e. The number of aromatic nitrogens is 1. The van der Waals surface area contributed by atoms with E-state index in [0.29, 0.717) is 5.92 Å². The van der Waals surface area contributed by atoms with E-state index in [0.717, 1.165) is 44.4 Å². The molecule has 1 atom stereocenters. The van der Waals surface area contributed by atoms with E-state index < -0.39 is 0 Å². The molecular formula is C14H23N3O. The first kappa shape index (κ1) is 13.1. The Morgan fingerprint density at radius 3 is 2.89 bits per heavy atom. The van der Waals surface area contributed by atoms with Crippen LogP contribution in [-0.4, -0.2) is 31.3 Å². The van der Waals surface area contributed by atoms with Crippen molar-refractivity contribution in [3.8, 4) is 0 Å². The average Bonchev–Trinajstić information content (AvgIpc) is 2.44. The number of anilines is 2. The summed E-state index contributed by atoms with van der Waals surface area (Å²) in [5, 5.41) is 6.70. The first-order chi connectivity index (χ1) is 8.88. The molecule has 100 valence electrons. The minimum absolute atomic E-state index is 0.618. The van der Waals surface area contributed by atoms with Crippen LogP contribution in [0.25, 0.3) is 0 Å². The summed E-state index contributed by atoms with van der Waals surface area (Å²) in [7, 11) is 0. The highest BCUT2D eigenvalue weighted by Gasteiger charge is 2.13. The topological polar surface area (TPSA) is 46.2 Å². The Kier molecular flexibility index (Phi) is 5.27. The Labute approximate surface area is 109 Å². The number of hydrogen-bond acceptors (Lipinski definition) is 4. The summed E-state index contributed by atoms with van der Waals surface area (Å²) >= 11 is 0. The van der Waals surface area contributed by atoms with Gasteiger partial charge in [0, 0.05) is 19.7 Å². The lowest BCUT2D eigenvalue weighted by Crippen LogP contribution is -2.24. The molecular weight excluding hydrogens is 226 g/mol. The van der Waals surface area contributed by atoms with E-state index in [1.54, 1.807) is 0 Å². The van der Waals surface area contributed by atoms with Crippen molar-refractivity contribution in [2.45, 2.75) is 26.2 Å². The van der Waals surface area contributed by atoms with Crippen molar-refractivity contribution in [1.82, 2.24) is 4.98 Å². The number of rotatable bonds is 6. The van der Waals surface area contributed by atoms with Gasteiger partial charge < -0.3 is 15.4 Å². The zero-order chi connectivity index (χ0) is 12.6. The summed E-state index contributed by atoms with van der Waals surface area (Å²) < 4.78 is 5.47. The summed E-state index contributed by atoms with van der Waals surface area (Å²) in [5.74, 6) is 2.51. The van der Waals surface area contributed by atoms with Gasteiger partial charge in [0.05, 0.1) is 6.61 Å². The molecule has 1 fully saturated rings. The Balaban J connectivity index is 1.80. The molecule has 1 aromatic heterocycles. The van der Waals surface area contributed by atoms with Crippen molar-refractivity contribution in [1.29, 1.82) is 0 Å². The van der Waals surface area contributed by atoms with Gasteiger partial charge >= 0.3 is 0 Å². The lowest BCUT2D eigenvalue weighted by molar-refractivity contribution is 0.0595. The predicted octanol–water partition coefficient (Wildman–Crippen LogP) is 2.74. The lowest BCUT2D eigenvalue weighted by Gasteiger charge is -2.22. The van der Waals surface area contributed by atoms with E-state index in [9.17, 15) is 0 Å². The third-order valence-electron chi connectivity index (χ3n) is 3.13. The van der Waals surface area contributed by atoms with Crippen LogP contribution in [0.1, 0.15) is 26.2 Å². The van der Waals surface area contributed by atoms with Crippen LogP contribution in [0.3, 0.4) is 0 Å². The van der Waals surface area contributed by atoms with Crippen LogP contribution >= 0.6 is 0 Å². The fourth-order valence-corrected chi connectivity index (χ4v) is 2.10. The number of nitrogens with one attached hydrogen (secondary N) is 2. The van der Waals surface area contributed by atoms with E-state index in [1.807, 2.05) is 18.2 Å². The molecule has 1 saturated heterocycles. The van der Waals surface area contributed by atoms with Crippen LogP contribution in [-0.2, 0) is 4.74 Å². The molecule has 0 spiro atoms. The van der Waals surface area contributed by atoms with Crippen molar-refractivity contribution in [3.05, 3.63) is 18.2 Å². The van der Waals surface area contributed by atoms with Crippen LogP contribution in [0, 0.1) is 5.92 Å². The molecule has 0 amide bonds. The van der Waals surface area contributed by atoms with Crippen LogP contribution in [0.2, 0.25) is 0 Å². The third kappa shape index (κ3) is 4.18. The molecule has 0 saturated carbocycles. The summed E-state index contributed by atoms with van der Waals surface area (Å²) in [6.07, 6.45) is 3.54. The predicted molar refractivity (Wildman–Crippen MR) is 75.1 cm³/mol. The van der Waals surface area contributed by atoms with Gasteiger partial charge in [0.2, 0.25) is 0 Å². The van der Waals surface area contributed by atoms with Crippen molar-refractivity contribution in [3.63, 3.8) is 0 Å². The summed E-state index contributed by atoms with van der Waals surface area (Å²) in [5.41, 5.74) is 0. The summed E-state index contributed by atoms with van der Waals surface area (Å²) in [6.45, 7) is 5.86. The molecule has 0 bridgehead atoms. The van der Waals surface area contributed by atoms with Gasteiger partial charge in [-0.1, -0.05) is 13.0 Å². The highest BCUT2D eigenvalue weighted by atomic mass is 16.5. The molecule has 4 heteroatoms. The highest BCUT2D eigenvalue weighted by molar-refractivity contribution is 5.45. The first-order valence-electron chi connectivity index (χ1n) is 6.91. The van der Waals surface area contributed by atoms with Crippen molar-refractivity contribution in [2.24, 2.45) is 5.92 Å². The van der Waals surface area contributed by atoms with Gasteiger partial charge in [0.15, 0.2) is 0 Å². The normalized spacial score (nSPS) is 19.5. The van der Waals surface area contributed by atoms with E-state index in [4.69, 9.17) is 4.74 Å². The molecule has 2 heterocycles. The Morgan fingerprint density at radius 1 is 1.33 bits per heavy atom. The second-order valence-corrected chi connectivity index (χ2v) is 4.80. The molecule has 18 heavy (non-hydrogen) atoms. The molecule has 0 aromatic carbocycles. The van der Waals surface area contributed by atoms with Gasteiger partial charge in [-0.25, -0.2) is 4.98 Å². The van der Waals surface area contributed by atoms with Crippen LogP contribution < -0.4 is 10.6 Å². The van der Waals surface area contributed by atoms with E-state index in [1.165, 1.54) is 12.8 Å². The second kappa shape index (κ2) is 7.21. The van der Waals surface area contributed by atoms with Gasteiger partial charge in [0.1, 0.15) is 11.6 Å². The summed E-state index contributed by atoms with van der Waals surface area (Å²) in [4.78, 5) is 4.53. The van der Waals surface area contributed by atoms with Crippen LogP contribution in [0.4, 0.5) is 11.6 Å². The summed E-state index contributed by atoms with van der Waals surface area (Å²) in [6, 6.07) is 6.05. The van der Waals surface area contributed by atoms with E-state index >= 15 is 0 Å². The standard InChI is InChI=1S/C14H23N3O/c1-2-8-15-13-6-3-7-14(17-13)16-10-12-5-4-9-18-11-12/h3,6-7,12H,2,4-5,8-11H2,1H3,(H2,15,16,17). The zero-order valence-corrected chi connectivity index (χ0v) is 11.1. The Hall–Kier alpha value is -1.29. The smallest absolute Gasteiger partial charge is 0.128 e. The molecule has 2 rings (SSSR count). The van der Waals surface area contributed by atoms with Crippen molar-refractivity contribution >= 4 is 11.6 Å². The first-order valence-corrected chi connectivity index (χ1v) is 6.91. The number of hydrogen-bond donors (Lipinski definition) is 2. The zero-order valence-electron chi connectivity index (χ0n) is 11.1. The number of nitrogens with zero attached hydrogens (tertiary/aromatic N) is 1. The van der Waals surface area contributed by atoms with Gasteiger partial charge in [-0.2, -0.15) is 0 Å². The number of ether oxygens (including phenoxy) is 1. The maximum absolute atomic E-state index is 5.47. The molecule has 1 aromatic rings. The molecule has 4 nitrogen and oxygen atoms in total. The monoisotopic (exact) mass is 249 g/mol. The van der Waals surface area contributed by atoms with Crippen LogP contribution in [0.15, 0.2) is 18.2 Å². The Bertz CT molecular complexity index is 351. The van der Waals surface area contributed by atoms with Crippen LogP contribution in [0.5, 0.6) is 0 Å². The fraction of sp³-hybridized carbons (Fsp3) is 0.643. The molecule has 0 radical (unpaired) electrons. The minimum atomic E-state index is 0.618. The fourth-order valence-electron chi connectivity index (χ4n) is 2.10. The van der Waals surface area contributed by atoms with E-state index in [2.05, 4.69) is 22.5 Å². The maximum atomic E-state index is 5.47. The maximum Gasteiger partial charge on any atom is 0.128 e. The highest BCUT2D eigenvalue weighted by Crippen LogP contribution is 2.15. The van der Waals surface area contributed by atoms with Gasteiger partial charge in [0.25, 0.3) is 0 Å². The molecule has 0 aliphatic carbocycles. The molecule has 1 aliphatic heterocycles.